The van der Waals surface area contributed by atoms with E-state index in [1.54, 1.807) is 38.4 Å². The monoisotopic (exact) mass is 366 g/mol. The number of hydrogen-bond donors (Lipinski definition) is 2. The number of nitrogens with zero attached hydrogens (tertiary/aromatic N) is 2. The Kier molecular flexibility index (Phi) is 5.16. The van der Waals surface area contributed by atoms with Gasteiger partial charge in [-0.2, -0.15) is 5.10 Å². The van der Waals surface area contributed by atoms with Gasteiger partial charge in [0.15, 0.2) is 6.10 Å². The Morgan fingerprint density at radius 2 is 2.14 bits per heavy atom. The molecule has 0 aliphatic carbocycles. The van der Waals surface area contributed by atoms with Gasteiger partial charge in [0.1, 0.15) is 5.75 Å². The van der Waals surface area contributed by atoms with Gasteiger partial charge in [-0.05, 0) is 25.1 Å². The number of carbonyl (C=O) groups is 2. The van der Waals surface area contributed by atoms with Gasteiger partial charge in [0, 0.05) is 17.7 Å². The third kappa shape index (κ3) is 4.32. The molecule has 1 atom stereocenters. The molecule has 116 valence electrons. The van der Waals surface area contributed by atoms with E-state index in [-0.39, 0.29) is 0 Å². The van der Waals surface area contributed by atoms with Gasteiger partial charge < -0.3 is 4.74 Å². The maximum atomic E-state index is 11.9. The number of aromatic nitrogens is 2. The molecule has 8 heteroatoms. The van der Waals surface area contributed by atoms with Crippen LogP contribution >= 0.6 is 15.9 Å². The lowest BCUT2D eigenvalue weighted by Crippen LogP contribution is -2.47. The van der Waals surface area contributed by atoms with Crippen LogP contribution < -0.4 is 15.6 Å². The molecule has 0 saturated carbocycles. The summed E-state index contributed by atoms with van der Waals surface area (Å²) in [7, 11) is 1.70. The lowest BCUT2D eigenvalue weighted by molar-refractivity contribution is -0.128. The second-order valence-corrected chi connectivity index (χ2v) is 5.48. The fourth-order valence-corrected chi connectivity index (χ4v) is 2.01. The number of amides is 2. The molecule has 0 bridgehead atoms. The summed E-state index contributed by atoms with van der Waals surface area (Å²) in [6.45, 7) is 1.59. The van der Waals surface area contributed by atoms with E-state index in [2.05, 4.69) is 31.9 Å². The van der Waals surface area contributed by atoms with Gasteiger partial charge in [0.25, 0.3) is 11.8 Å². The van der Waals surface area contributed by atoms with Crippen molar-refractivity contribution in [3.63, 3.8) is 0 Å². The Labute approximate surface area is 135 Å². The van der Waals surface area contributed by atoms with Crippen molar-refractivity contribution < 1.29 is 14.3 Å². The summed E-state index contributed by atoms with van der Waals surface area (Å²) in [5.74, 6) is -0.357. The zero-order valence-electron chi connectivity index (χ0n) is 12.0. The first-order valence-corrected chi connectivity index (χ1v) is 7.26. The van der Waals surface area contributed by atoms with E-state index in [0.29, 0.717) is 11.3 Å². The second kappa shape index (κ2) is 7.08. The van der Waals surface area contributed by atoms with Gasteiger partial charge in [0.05, 0.1) is 11.8 Å². The first-order chi connectivity index (χ1) is 10.5. The van der Waals surface area contributed by atoms with Crippen LogP contribution in [0.4, 0.5) is 0 Å². The van der Waals surface area contributed by atoms with Gasteiger partial charge in [-0.15, -0.1) is 0 Å². The van der Waals surface area contributed by atoms with Crippen LogP contribution in [0.2, 0.25) is 0 Å². The highest BCUT2D eigenvalue weighted by atomic mass is 79.9. The molecule has 0 unspecified atom stereocenters. The van der Waals surface area contributed by atoms with E-state index in [4.69, 9.17) is 4.74 Å². The van der Waals surface area contributed by atoms with E-state index in [1.165, 1.54) is 10.9 Å². The zero-order chi connectivity index (χ0) is 16.1. The SMILES string of the molecule is C[C@H](Oc1cccc(Br)c1)C(=O)NNC(=O)c1cnn(C)c1. The molecule has 1 aromatic carbocycles. The molecule has 2 rings (SSSR count). The van der Waals surface area contributed by atoms with Crippen molar-refractivity contribution in [2.45, 2.75) is 13.0 Å². The minimum atomic E-state index is -0.761. The molecular formula is C14H15BrN4O3. The van der Waals surface area contributed by atoms with Crippen LogP contribution in [0, 0.1) is 0 Å². The third-order valence-corrected chi connectivity index (χ3v) is 3.24. The van der Waals surface area contributed by atoms with E-state index in [1.807, 2.05) is 6.07 Å². The quantitative estimate of drug-likeness (QED) is 0.801. The number of nitrogens with one attached hydrogen (secondary N) is 2. The molecule has 0 aliphatic heterocycles. The van der Waals surface area contributed by atoms with Crippen LogP contribution in [0.15, 0.2) is 41.1 Å². The smallest absolute Gasteiger partial charge is 0.279 e. The molecule has 0 saturated heterocycles. The van der Waals surface area contributed by atoms with Crippen LogP contribution in [0.5, 0.6) is 5.75 Å². The van der Waals surface area contributed by atoms with Gasteiger partial charge in [0.2, 0.25) is 0 Å². The number of aryl methyl sites for hydroxylation is 1. The lowest BCUT2D eigenvalue weighted by Gasteiger charge is -2.15. The lowest BCUT2D eigenvalue weighted by atomic mass is 10.3. The molecule has 1 heterocycles. The summed E-state index contributed by atoms with van der Waals surface area (Å²) in [5.41, 5.74) is 4.97. The summed E-state index contributed by atoms with van der Waals surface area (Å²) in [6.07, 6.45) is 2.19. The number of rotatable bonds is 4. The van der Waals surface area contributed by atoms with Gasteiger partial charge in [-0.3, -0.25) is 25.1 Å². The Balaban J connectivity index is 1.85. The Bertz CT molecular complexity index is 686. The van der Waals surface area contributed by atoms with Crippen molar-refractivity contribution in [2.24, 2.45) is 7.05 Å². The van der Waals surface area contributed by atoms with Crippen molar-refractivity contribution in [3.8, 4) is 5.75 Å². The zero-order valence-corrected chi connectivity index (χ0v) is 13.6. The average Bonchev–Trinajstić information content (AvgIpc) is 2.91. The number of carbonyl (C=O) groups excluding carboxylic acids is 2. The third-order valence-electron chi connectivity index (χ3n) is 2.74. The van der Waals surface area contributed by atoms with Gasteiger partial charge >= 0.3 is 0 Å². The van der Waals surface area contributed by atoms with Crippen LogP contribution in [0.3, 0.4) is 0 Å². The van der Waals surface area contributed by atoms with Crippen molar-refractivity contribution in [1.82, 2.24) is 20.6 Å². The molecule has 22 heavy (non-hydrogen) atoms. The van der Waals surface area contributed by atoms with Crippen molar-refractivity contribution in [1.29, 1.82) is 0 Å². The van der Waals surface area contributed by atoms with E-state index in [0.717, 1.165) is 4.47 Å². The van der Waals surface area contributed by atoms with Crippen LogP contribution in [0.25, 0.3) is 0 Å². The van der Waals surface area contributed by atoms with E-state index >= 15 is 0 Å². The molecule has 2 aromatic rings. The molecule has 0 radical (unpaired) electrons. The number of ether oxygens (including phenoxy) is 1. The molecule has 7 nitrogen and oxygen atoms in total. The molecule has 0 aliphatic rings. The molecule has 0 spiro atoms. The first kappa shape index (κ1) is 16.0. The molecular weight excluding hydrogens is 352 g/mol. The average molecular weight is 367 g/mol. The molecule has 2 amide bonds. The van der Waals surface area contributed by atoms with Crippen LogP contribution in [0.1, 0.15) is 17.3 Å². The minimum absolute atomic E-state index is 0.350. The normalized spacial score (nSPS) is 11.6. The standard InChI is InChI=1S/C14H15BrN4O3/c1-9(22-12-5-3-4-11(15)6-12)13(20)17-18-14(21)10-7-16-19(2)8-10/h3-9H,1-2H3,(H,17,20)(H,18,21)/t9-/m0/s1. The van der Waals surface area contributed by atoms with Crippen LogP contribution in [-0.2, 0) is 11.8 Å². The van der Waals surface area contributed by atoms with Crippen LogP contribution in [-0.4, -0.2) is 27.7 Å². The number of hydrazine groups is 1. The number of hydrogen-bond acceptors (Lipinski definition) is 4. The van der Waals surface area contributed by atoms with E-state index in [9.17, 15) is 9.59 Å². The predicted molar refractivity (Wildman–Crippen MR) is 83.0 cm³/mol. The van der Waals surface area contributed by atoms with Crippen molar-refractivity contribution in [3.05, 3.63) is 46.7 Å². The Hall–Kier alpha value is -2.35. The fraction of sp³-hybridized carbons (Fsp3) is 0.214. The summed E-state index contributed by atoms with van der Waals surface area (Å²) < 4.78 is 7.83. The summed E-state index contributed by atoms with van der Waals surface area (Å²) in [5, 5.41) is 3.88. The largest absolute Gasteiger partial charge is 0.481 e. The number of halogens is 1. The highest BCUT2D eigenvalue weighted by molar-refractivity contribution is 9.10. The summed E-state index contributed by atoms with van der Waals surface area (Å²) >= 11 is 3.32. The topological polar surface area (TPSA) is 85.2 Å². The van der Waals surface area contributed by atoms with E-state index < -0.39 is 17.9 Å². The maximum Gasteiger partial charge on any atom is 0.279 e. The Morgan fingerprint density at radius 3 is 2.77 bits per heavy atom. The predicted octanol–water partition coefficient (Wildman–Crippen LogP) is 1.41. The molecule has 1 aromatic heterocycles. The fourth-order valence-electron chi connectivity index (χ4n) is 1.63. The molecule has 0 fully saturated rings. The Morgan fingerprint density at radius 1 is 1.36 bits per heavy atom. The summed E-state index contributed by atoms with van der Waals surface area (Å²) in [4.78, 5) is 23.7. The second-order valence-electron chi connectivity index (χ2n) is 4.56. The van der Waals surface area contributed by atoms with Gasteiger partial charge in [-0.25, -0.2) is 0 Å². The highest BCUT2D eigenvalue weighted by Crippen LogP contribution is 2.18. The van der Waals surface area contributed by atoms with Crippen molar-refractivity contribution >= 4 is 27.7 Å². The maximum absolute atomic E-state index is 11.9. The minimum Gasteiger partial charge on any atom is -0.481 e. The highest BCUT2D eigenvalue weighted by Gasteiger charge is 2.16. The first-order valence-electron chi connectivity index (χ1n) is 6.47. The van der Waals surface area contributed by atoms with Gasteiger partial charge in [-0.1, -0.05) is 22.0 Å². The molecule has 2 N–H and O–H groups in total. The van der Waals surface area contributed by atoms with Crippen molar-refractivity contribution in [2.75, 3.05) is 0 Å². The summed E-state index contributed by atoms with van der Waals surface area (Å²) in [6, 6.07) is 7.14. The number of benzene rings is 1.